The summed E-state index contributed by atoms with van der Waals surface area (Å²) < 4.78 is 23.1. The number of hydrogen-bond acceptors (Lipinski definition) is 4. The first-order valence-electron chi connectivity index (χ1n) is 43.7. The highest BCUT2D eigenvalue weighted by molar-refractivity contribution is 6.19. The molecule has 0 atom stereocenters. The highest BCUT2D eigenvalue weighted by atomic mass is 16.3. The molecule has 0 aliphatic heterocycles. The summed E-state index contributed by atoms with van der Waals surface area (Å²) in [4.78, 5) is 4.66. The number of nitrogens with zero attached hydrogens (tertiary/aromatic N) is 6. The maximum atomic E-state index is 6.80. The minimum atomic E-state index is 0.838. The van der Waals surface area contributed by atoms with Gasteiger partial charge in [0.2, 0.25) is 0 Å². The molecule has 0 amide bonds. The SMILES string of the molecule is c1ccc(-c2ccc(N(c3ccc(-c4ccc5c(c4)c4ccccc4n5-c4ccccc4)cc3)c3ccc4c(c3)oc3cccc(-n5c6ccccc6c6ccccc65)c34)cc2)cc1.c1ccc(-c2ccc(N(c3ccc(-c4cccc5c4c4ccccc4n5-c4ccccc4)cc3)c3ccc4c(c3)oc3cccc(-n5c6ccccc6c6ccccc65)c34)cc2)cc1. The Labute approximate surface area is 737 Å². The van der Waals surface area contributed by atoms with Gasteiger partial charge in [-0.25, -0.2) is 0 Å². The van der Waals surface area contributed by atoms with Crippen molar-refractivity contribution >= 4 is 165 Å². The van der Waals surface area contributed by atoms with Crippen LogP contribution in [-0.2, 0) is 0 Å². The van der Waals surface area contributed by atoms with Gasteiger partial charge in [0.1, 0.15) is 22.3 Å². The molecule has 0 unspecified atom stereocenters. The van der Waals surface area contributed by atoms with Crippen LogP contribution in [0.5, 0.6) is 0 Å². The molecular weight excluding hydrogens is 1560 g/mol. The highest BCUT2D eigenvalue weighted by Gasteiger charge is 2.26. The average molecular weight is 1640 g/mol. The molecule has 26 aromatic rings. The zero-order valence-electron chi connectivity index (χ0n) is 69.5. The molecular formula is C120H78N6O2. The first-order chi connectivity index (χ1) is 63.5. The molecule has 0 aliphatic carbocycles. The van der Waals surface area contributed by atoms with E-state index in [0.717, 1.165) is 112 Å². The van der Waals surface area contributed by atoms with E-state index in [4.69, 9.17) is 8.83 Å². The predicted molar refractivity (Wildman–Crippen MR) is 536 cm³/mol. The third-order valence-electron chi connectivity index (χ3n) is 25.8. The van der Waals surface area contributed by atoms with Crippen LogP contribution in [0, 0.1) is 0 Å². The maximum Gasteiger partial charge on any atom is 0.137 e. The number of hydrogen-bond donors (Lipinski definition) is 0. The number of furan rings is 2. The van der Waals surface area contributed by atoms with Crippen molar-refractivity contribution in [1.82, 2.24) is 18.3 Å². The van der Waals surface area contributed by atoms with Crippen molar-refractivity contribution in [3.05, 3.63) is 473 Å². The van der Waals surface area contributed by atoms with Crippen molar-refractivity contribution in [2.24, 2.45) is 0 Å². The molecule has 0 N–H and O–H groups in total. The second-order valence-electron chi connectivity index (χ2n) is 33.0. The van der Waals surface area contributed by atoms with E-state index in [0.29, 0.717) is 0 Å². The van der Waals surface area contributed by atoms with E-state index < -0.39 is 0 Å². The lowest BCUT2D eigenvalue weighted by Crippen LogP contribution is -2.09. The van der Waals surface area contributed by atoms with Crippen molar-refractivity contribution in [1.29, 1.82) is 0 Å². The van der Waals surface area contributed by atoms with Crippen molar-refractivity contribution in [3.8, 4) is 67.3 Å². The molecule has 26 rings (SSSR count). The first kappa shape index (κ1) is 73.5. The molecule has 600 valence electrons. The second kappa shape index (κ2) is 30.4. The number of aromatic nitrogens is 4. The first-order valence-corrected chi connectivity index (χ1v) is 43.7. The van der Waals surface area contributed by atoms with E-state index in [-0.39, 0.29) is 0 Å². The van der Waals surface area contributed by atoms with E-state index >= 15 is 0 Å². The Kier molecular flexibility index (Phi) is 17.5. The van der Waals surface area contributed by atoms with Crippen LogP contribution in [0.2, 0.25) is 0 Å². The molecule has 6 aromatic heterocycles. The van der Waals surface area contributed by atoms with Crippen LogP contribution in [0.25, 0.3) is 198 Å². The molecule has 0 saturated carbocycles. The summed E-state index contributed by atoms with van der Waals surface area (Å²) in [6, 6.07) is 170. The lowest BCUT2D eigenvalue weighted by Gasteiger charge is -2.26. The number of fused-ring (bicyclic) bond motifs is 18. The fourth-order valence-corrected chi connectivity index (χ4v) is 20.1. The van der Waals surface area contributed by atoms with Gasteiger partial charge in [-0.2, -0.15) is 0 Å². The number of para-hydroxylation sites is 8. The largest absolute Gasteiger partial charge is 0.456 e. The molecule has 0 aliphatic rings. The van der Waals surface area contributed by atoms with Gasteiger partial charge in [0.25, 0.3) is 0 Å². The quantitative estimate of drug-likeness (QED) is 0.109. The lowest BCUT2D eigenvalue weighted by molar-refractivity contribution is 0.668. The number of anilines is 6. The molecule has 6 heterocycles. The van der Waals surface area contributed by atoms with E-state index in [2.05, 4.69) is 501 Å². The number of benzene rings is 20. The Balaban J connectivity index is 0.000000139. The Morgan fingerprint density at radius 1 is 0.156 bits per heavy atom. The molecule has 0 spiro atoms. The molecule has 0 bridgehead atoms. The topological polar surface area (TPSA) is 52.5 Å². The summed E-state index contributed by atoms with van der Waals surface area (Å²) >= 11 is 0. The van der Waals surface area contributed by atoms with Gasteiger partial charge >= 0.3 is 0 Å². The van der Waals surface area contributed by atoms with Crippen LogP contribution in [0.1, 0.15) is 0 Å². The van der Waals surface area contributed by atoms with Crippen LogP contribution >= 0.6 is 0 Å². The van der Waals surface area contributed by atoms with Gasteiger partial charge in [-0.3, -0.25) is 0 Å². The Bertz CT molecular complexity index is 8680. The van der Waals surface area contributed by atoms with E-state index in [1.807, 2.05) is 0 Å². The summed E-state index contributed by atoms with van der Waals surface area (Å²) in [5.41, 5.74) is 33.1. The van der Waals surface area contributed by atoms with Gasteiger partial charge in [0, 0.05) is 111 Å². The fraction of sp³-hybridized carbons (Fsp3) is 0. The van der Waals surface area contributed by atoms with Crippen LogP contribution < -0.4 is 9.80 Å². The van der Waals surface area contributed by atoms with E-state index in [1.54, 1.807) is 0 Å². The third-order valence-corrected chi connectivity index (χ3v) is 25.8. The second-order valence-corrected chi connectivity index (χ2v) is 33.0. The smallest absolute Gasteiger partial charge is 0.137 e. The molecule has 8 heteroatoms. The van der Waals surface area contributed by atoms with Crippen molar-refractivity contribution in [2.45, 2.75) is 0 Å². The number of rotatable bonds is 14. The van der Waals surface area contributed by atoms with Gasteiger partial charge in [-0.1, -0.05) is 285 Å². The molecule has 0 saturated heterocycles. The summed E-state index contributed by atoms with van der Waals surface area (Å²) in [6.45, 7) is 0. The van der Waals surface area contributed by atoms with Gasteiger partial charge < -0.3 is 36.9 Å². The van der Waals surface area contributed by atoms with Gasteiger partial charge in [-0.05, 0) is 220 Å². The molecule has 0 radical (unpaired) electrons. The maximum absolute atomic E-state index is 6.80. The van der Waals surface area contributed by atoms with Crippen molar-refractivity contribution < 1.29 is 8.83 Å². The Hall–Kier alpha value is -17.2. The van der Waals surface area contributed by atoms with Crippen LogP contribution in [0.4, 0.5) is 34.1 Å². The predicted octanol–water partition coefficient (Wildman–Crippen LogP) is 33.2. The molecule has 0 fully saturated rings. The average Bonchev–Trinajstić information content (AvgIpc) is 1.60. The summed E-state index contributed by atoms with van der Waals surface area (Å²) in [7, 11) is 0. The monoisotopic (exact) mass is 1630 g/mol. The minimum absolute atomic E-state index is 0.838. The van der Waals surface area contributed by atoms with E-state index in [1.165, 1.54) is 121 Å². The standard InChI is InChI=1S/2C60H39N3O/c1-3-14-40(15-4-1)41-26-31-45(32-27-41)61(46-33-28-42(29-34-46)43-30-37-56-52(38-43)50-20-9-10-21-53(50)62(56)44-16-5-2-6-17-44)47-35-36-51-59(39-47)64-58-25-13-24-57(60(51)58)63-54-22-11-7-18-48(54)49-19-8-12-23-55(49)63;1-3-15-40(16-4-1)41-29-33-44(34-30-41)61(45-35-31-42(32-36-45)47-22-13-26-55-59(47)50-21-9-12-25-54(50)62(55)43-17-5-2-6-18-43)46-37-38-51-58(39-46)64-57-28-14-27-56(60(51)57)63-52-23-10-7-19-48(52)49-20-8-11-24-53(49)63/h2*1-39H. The van der Waals surface area contributed by atoms with Gasteiger partial charge in [0.15, 0.2) is 0 Å². The zero-order valence-corrected chi connectivity index (χ0v) is 69.5. The Morgan fingerprint density at radius 2 is 0.453 bits per heavy atom. The highest BCUT2D eigenvalue weighted by Crippen LogP contribution is 2.48. The van der Waals surface area contributed by atoms with Gasteiger partial charge in [0.05, 0.1) is 66.3 Å². The summed E-state index contributed by atoms with van der Waals surface area (Å²) in [6.07, 6.45) is 0. The molecule has 8 nitrogen and oxygen atoms in total. The van der Waals surface area contributed by atoms with E-state index in [9.17, 15) is 0 Å². The third kappa shape index (κ3) is 12.2. The van der Waals surface area contributed by atoms with Gasteiger partial charge in [-0.15, -0.1) is 0 Å². The van der Waals surface area contributed by atoms with Crippen LogP contribution in [-0.4, -0.2) is 18.3 Å². The molecule has 128 heavy (non-hydrogen) atoms. The molecule has 20 aromatic carbocycles. The Morgan fingerprint density at radius 3 is 0.875 bits per heavy atom. The summed E-state index contributed by atoms with van der Waals surface area (Å²) in [5.74, 6) is 0. The zero-order chi connectivity index (χ0) is 84.3. The van der Waals surface area contributed by atoms with Crippen LogP contribution in [0.15, 0.2) is 482 Å². The van der Waals surface area contributed by atoms with Crippen molar-refractivity contribution in [3.63, 3.8) is 0 Å². The lowest BCUT2D eigenvalue weighted by atomic mass is 9.99. The normalized spacial score (nSPS) is 11.8. The van der Waals surface area contributed by atoms with Crippen LogP contribution in [0.3, 0.4) is 0 Å². The fourth-order valence-electron chi connectivity index (χ4n) is 20.1. The minimum Gasteiger partial charge on any atom is -0.456 e. The van der Waals surface area contributed by atoms with Crippen molar-refractivity contribution in [2.75, 3.05) is 9.80 Å². The summed E-state index contributed by atoms with van der Waals surface area (Å²) in [5, 5.41) is 14.3.